The molecule has 110 valence electrons. The van der Waals surface area contributed by atoms with Gasteiger partial charge < -0.3 is 5.32 Å². The molecular weight excluding hydrogens is 286 g/mol. The Balaban J connectivity index is 2.17. The minimum atomic E-state index is -0.169. The predicted molar refractivity (Wildman–Crippen MR) is 83.5 cm³/mol. The van der Waals surface area contributed by atoms with Gasteiger partial charge in [0.15, 0.2) is 0 Å². The highest BCUT2D eigenvalue weighted by molar-refractivity contribution is 6.29. The molecular formula is C16H18ClN3O. The Kier molecular flexibility index (Phi) is 4.91. The van der Waals surface area contributed by atoms with Gasteiger partial charge in [-0.05, 0) is 36.6 Å². The molecule has 0 aromatic carbocycles. The monoisotopic (exact) mass is 303 g/mol. The first-order valence-corrected chi connectivity index (χ1v) is 7.23. The Hall–Kier alpha value is -1.94. The molecule has 0 saturated heterocycles. The number of amides is 1. The molecule has 1 amide bonds. The molecule has 21 heavy (non-hydrogen) atoms. The Morgan fingerprint density at radius 2 is 2.05 bits per heavy atom. The molecule has 2 rings (SSSR count). The van der Waals surface area contributed by atoms with Gasteiger partial charge in [-0.15, -0.1) is 0 Å². The molecule has 1 unspecified atom stereocenters. The largest absolute Gasteiger partial charge is 0.345 e. The van der Waals surface area contributed by atoms with E-state index in [1.807, 2.05) is 32.9 Å². The number of aromatic nitrogens is 2. The van der Waals surface area contributed by atoms with Crippen molar-refractivity contribution in [1.29, 1.82) is 0 Å². The molecule has 4 nitrogen and oxygen atoms in total. The van der Waals surface area contributed by atoms with Gasteiger partial charge in [0, 0.05) is 23.7 Å². The lowest BCUT2D eigenvalue weighted by Gasteiger charge is -2.15. The lowest BCUT2D eigenvalue weighted by Crippen LogP contribution is -2.27. The Labute approximate surface area is 129 Å². The second kappa shape index (κ2) is 6.68. The third kappa shape index (κ3) is 4.02. The summed E-state index contributed by atoms with van der Waals surface area (Å²) in [5.74, 6) is 0.0450. The third-order valence-electron chi connectivity index (χ3n) is 3.20. The number of pyridine rings is 2. The first-order chi connectivity index (χ1) is 9.97. The normalized spacial score (nSPS) is 12.2. The number of rotatable bonds is 4. The van der Waals surface area contributed by atoms with Crippen LogP contribution in [-0.4, -0.2) is 15.9 Å². The topological polar surface area (TPSA) is 54.9 Å². The van der Waals surface area contributed by atoms with Gasteiger partial charge in [0.05, 0.1) is 6.04 Å². The van der Waals surface area contributed by atoms with E-state index in [0.29, 0.717) is 10.7 Å². The molecule has 0 aliphatic rings. The molecule has 0 spiro atoms. The quantitative estimate of drug-likeness (QED) is 0.875. The van der Waals surface area contributed by atoms with Crippen molar-refractivity contribution in [2.24, 2.45) is 0 Å². The molecule has 0 fully saturated rings. The van der Waals surface area contributed by atoms with Crippen molar-refractivity contribution in [2.45, 2.75) is 32.7 Å². The maximum absolute atomic E-state index is 12.3. The minimum Gasteiger partial charge on any atom is -0.345 e. The summed E-state index contributed by atoms with van der Waals surface area (Å²) in [4.78, 5) is 20.6. The average Bonchev–Trinajstić information content (AvgIpc) is 2.47. The van der Waals surface area contributed by atoms with Crippen LogP contribution >= 0.6 is 11.6 Å². The van der Waals surface area contributed by atoms with E-state index >= 15 is 0 Å². The molecule has 1 atom stereocenters. The lowest BCUT2D eigenvalue weighted by atomic mass is 10.1. The fourth-order valence-corrected chi connectivity index (χ4v) is 2.15. The number of hydrogen-bond acceptors (Lipinski definition) is 3. The van der Waals surface area contributed by atoms with Crippen molar-refractivity contribution in [3.8, 4) is 0 Å². The van der Waals surface area contributed by atoms with E-state index in [2.05, 4.69) is 15.3 Å². The summed E-state index contributed by atoms with van der Waals surface area (Å²) in [6.07, 6.45) is 3.44. The lowest BCUT2D eigenvalue weighted by molar-refractivity contribution is 0.0939. The zero-order valence-corrected chi connectivity index (χ0v) is 13.1. The van der Waals surface area contributed by atoms with E-state index in [4.69, 9.17) is 11.6 Å². The Morgan fingerprint density at radius 1 is 1.29 bits per heavy atom. The maximum atomic E-state index is 12.3. The highest BCUT2D eigenvalue weighted by Gasteiger charge is 2.14. The molecule has 2 aromatic rings. The van der Waals surface area contributed by atoms with E-state index in [-0.39, 0.29) is 17.9 Å². The van der Waals surface area contributed by atoms with E-state index in [9.17, 15) is 4.79 Å². The molecule has 0 bridgehead atoms. The van der Waals surface area contributed by atoms with Crippen LogP contribution in [0.3, 0.4) is 0 Å². The summed E-state index contributed by atoms with van der Waals surface area (Å²) in [6.45, 7) is 5.94. The van der Waals surface area contributed by atoms with E-state index < -0.39 is 0 Å². The van der Waals surface area contributed by atoms with Crippen LogP contribution in [0.1, 0.15) is 54.3 Å². The van der Waals surface area contributed by atoms with Gasteiger partial charge in [-0.1, -0.05) is 31.5 Å². The maximum Gasteiger partial charge on any atom is 0.251 e. The summed E-state index contributed by atoms with van der Waals surface area (Å²) < 4.78 is 0. The Morgan fingerprint density at radius 3 is 2.67 bits per heavy atom. The van der Waals surface area contributed by atoms with E-state index in [1.165, 1.54) is 0 Å². The fraction of sp³-hybridized carbons (Fsp3) is 0.312. The standard InChI is InChI=1S/C16H18ClN3O/c1-10(2)14-7-13(8-15(17)20-14)16(21)19-11(3)12-5-4-6-18-9-12/h4-11H,1-3H3,(H,19,21). The first-order valence-electron chi connectivity index (χ1n) is 6.85. The van der Waals surface area contributed by atoms with Crippen LogP contribution in [-0.2, 0) is 0 Å². The van der Waals surface area contributed by atoms with Crippen molar-refractivity contribution in [3.63, 3.8) is 0 Å². The fourth-order valence-electron chi connectivity index (χ4n) is 1.94. The molecule has 0 radical (unpaired) electrons. The van der Waals surface area contributed by atoms with Gasteiger partial charge in [-0.2, -0.15) is 0 Å². The smallest absolute Gasteiger partial charge is 0.251 e. The molecule has 1 N–H and O–H groups in total. The van der Waals surface area contributed by atoms with Crippen LogP contribution in [0.4, 0.5) is 0 Å². The van der Waals surface area contributed by atoms with Crippen LogP contribution in [0.5, 0.6) is 0 Å². The first kappa shape index (κ1) is 15.4. The van der Waals surface area contributed by atoms with Crippen molar-refractivity contribution >= 4 is 17.5 Å². The van der Waals surface area contributed by atoms with E-state index in [0.717, 1.165) is 11.3 Å². The second-order valence-corrected chi connectivity index (χ2v) is 5.63. The van der Waals surface area contributed by atoms with Gasteiger partial charge in [-0.25, -0.2) is 4.98 Å². The zero-order valence-electron chi connectivity index (χ0n) is 12.3. The number of nitrogens with one attached hydrogen (secondary N) is 1. The highest BCUT2D eigenvalue weighted by atomic mass is 35.5. The summed E-state index contributed by atoms with van der Waals surface area (Å²) in [5, 5.41) is 3.27. The van der Waals surface area contributed by atoms with Crippen molar-refractivity contribution in [3.05, 3.63) is 58.6 Å². The minimum absolute atomic E-state index is 0.124. The third-order valence-corrected chi connectivity index (χ3v) is 3.39. The van der Waals surface area contributed by atoms with Gasteiger partial charge in [0.25, 0.3) is 5.91 Å². The molecule has 0 aliphatic heterocycles. The number of halogens is 1. The average molecular weight is 304 g/mol. The van der Waals surface area contributed by atoms with Crippen molar-refractivity contribution in [1.82, 2.24) is 15.3 Å². The summed E-state index contributed by atoms with van der Waals surface area (Å²) in [5.41, 5.74) is 2.28. The van der Waals surface area contributed by atoms with E-state index in [1.54, 1.807) is 24.5 Å². The number of hydrogen-bond donors (Lipinski definition) is 1. The van der Waals surface area contributed by atoms with Crippen LogP contribution in [0.15, 0.2) is 36.7 Å². The highest BCUT2D eigenvalue weighted by Crippen LogP contribution is 2.18. The molecule has 5 heteroatoms. The summed E-state index contributed by atoms with van der Waals surface area (Å²) >= 11 is 5.99. The SMILES string of the molecule is CC(C)c1cc(C(=O)NC(C)c2cccnc2)cc(Cl)n1. The van der Waals surface area contributed by atoms with Gasteiger partial charge in [0.2, 0.25) is 0 Å². The van der Waals surface area contributed by atoms with Crippen molar-refractivity contribution in [2.75, 3.05) is 0 Å². The van der Waals surface area contributed by atoms with Crippen LogP contribution in [0.25, 0.3) is 0 Å². The van der Waals surface area contributed by atoms with Gasteiger partial charge in [-0.3, -0.25) is 9.78 Å². The Bertz CT molecular complexity index is 629. The molecule has 2 aromatic heterocycles. The van der Waals surface area contributed by atoms with Crippen LogP contribution in [0, 0.1) is 0 Å². The summed E-state index contributed by atoms with van der Waals surface area (Å²) in [6, 6.07) is 7.01. The molecule has 0 saturated carbocycles. The number of carbonyl (C=O) groups is 1. The van der Waals surface area contributed by atoms with Gasteiger partial charge in [0.1, 0.15) is 5.15 Å². The van der Waals surface area contributed by atoms with Crippen molar-refractivity contribution < 1.29 is 4.79 Å². The number of nitrogens with zero attached hydrogens (tertiary/aromatic N) is 2. The number of carbonyl (C=O) groups excluding carboxylic acids is 1. The second-order valence-electron chi connectivity index (χ2n) is 5.24. The van der Waals surface area contributed by atoms with Crippen LogP contribution < -0.4 is 5.32 Å². The predicted octanol–water partition coefficient (Wildman–Crippen LogP) is 3.74. The molecule has 2 heterocycles. The zero-order chi connectivity index (χ0) is 15.4. The summed E-state index contributed by atoms with van der Waals surface area (Å²) in [7, 11) is 0. The van der Waals surface area contributed by atoms with Gasteiger partial charge >= 0.3 is 0 Å². The molecule has 0 aliphatic carbocycles. The van der Waals surface area contributed by atoms with Crippen LogP contribution in [0.2, 0.25) is 5.15 Å².